The first-order valence-electron chi connectivity index (χ1n) is 23.6. The topological polar surface area (TPSA) is 165 Å². The van der Waals surface area contributed by atoms with Gasteiger partial charge >= 0.3 is 29.6 Å². The van der Waals surface area contributed by atoms with Crippen LogP contribution in [0.25, 0.3) is 33.4 Å². The minimum Gasteiger partial charge on any atom is -0.870 e. The van der Waals surface area contributed by atoms with Crippen LogP contribution in [0.15, 0.2) is 175 Å². The zero-order valence-corrected chi connectivity index (χ0v) is 48.7. The smallest absolute Gasteiger partial charge is 0.870 e. The molecule has 75 heavy (non-hydrogen) atoms. The Bertz CT molecular complexity index is 3260. The number of nitrogens with zero attached hydrogens (tertiary/aromatic N) is 1. The summed E-state index contributed by atoms with van der Waals surface area (Å²) in [6.07, 6.45) is 0. The van der Waals surface area contributed by atoms with Gasteiger partial charge in [0.15, 0.2) is 10.2 Å². The average molecular weight is 1060 g/mol. The van der Waals surface area contributed by atoms with Gasteiger partial charge in [-0.05, 0) is 192 Å². The molecule has 8 N–H and O–H groups in total. The Balaban J connectivity index is 0.000000274. The molecule has 0 atom stereocenters. The summed E-state index contributed by atoms with van der Waals surface area (Å²) in [5.74, 6) is -0.575. The van der Waals surface area contributed by atoms with Crippen molar-refractivity contribution >= 4 is 80.9 Å². The number of anilines is 3. The molecule has 0 saturated heterocycles. The van der Waals surface area contributed by atoms with E-state index in [1.807, 2.05) is 84.0 Å². The Morgan fingerprint density at radius 1 is 0.480 bits per heavy atom. The van der Waals surface area contributed by atoms with E-state index in [0.29, 0.717) is 11.1 Å². The minimum atomic E-state index is -0.347. The van der Waals surface area contributed by atoms with E-state index in [0.717, 1.165) is 33.8 Å². The van der Waals surface area contributed by atoms with Crippen molar-refractivity contribution in [3.8, 4) is 33.4 Å². The summed E-state index contributed by atoms with van der Waals surface area (Å²) in [5.41, 5.74) is 33.7. The summed E-state index contributed by atoms with van der Waals surface area (Å²) in [6, 6.07) is 55.0. The number of thiocarbonyl (C=S) groups is 3. The quantitative estimate of drug-likeness (QED) is 0.0449. The fraction of sp³-hybridized carbons (Fsp3) is 0.145. The average Bonchev–Trinajstić information content (AvgIpc) is 3.33. The van der Waals surface area contributed by atoms with Crippen LogP contribution in [0.2, 0.25) is 0 Å². The fourth-order valence-electron chi connectivity index (χ4n) is 8.90. The Hall–Kier alpha value is -6.96. The van der Waals surface area contributed by atoms with Gasteiger partial charge in [0.05, 0.1) is 5.16 Å². The normalized spacial score (nSPS) is 9.77. The van der Waals surface area contributed by atoms with Crippen LogP contribution in [0.1, 0.15) is 70.8 Å². The third kappa shape index (κ3) is 18.1. The van der Waals surface area contributed by atoms with E-state index < -0.39 is 0 Å². The Labute approximate surface area is 480 Å². The molecule has 378 valence electrons. The molecule has 0 spiro atoms. The van der Waals surface area contributed by atoms with Crippen LogP contribution < -0.4 is 57.0 Å². The van der Waals surface area contributed by atoms with Gasteiger partial charge in [-0.2, -0.15) is 4.99 Å². The van der Waals surface area contributed by atoms with Crippen molar-refractivity contribution in [3.05, 3.63) is 231 Å². The van der Waals surface area contributed by atoms with Gasteiger partial charge in [0, 0.05) is 44.9 Å². The van der Waals surface area contributed by atoms with Crippen LogP contribution >= 0.6 is 36.7 Å². The van der Waals surface area contributed by atoms with Gasteiger partial charge in [0.25, 0.3) is 11.8 Å². The van der Waals surface area contributed by atoms with Crippen LogP contribution in [0.4, 0.5) is 17.1 Å². The first-order chi connectivity index (χ1) is 34.9. The standard InChI is InChI=1S/C23H22N2OS.C16H18N2S.C15H17N.C8H5NOS.Na.H2O/c1-15-13-16(2)21(17(3)14-15)19-11-7-8-12-20(19)24-23(27)25-22(26)18-9-5-4-6-10-18;1-10-8-11(2)15(12(3)9-10)13-6-4-5-7-14(13)18-16(17)19;1-10-8-11(2)15(12(3)9-10)13-6-4-5-7-14(13)16;10-8(9-6-11)7-4-2-1-3-5-7;;/h4-14H,1-3H3,(H2,24,25,26,27);4-9H,1-3H3,(H3,17,18,19);4-9H,16H2,1-3H3;1-5H;;1H2/q;;;;+1;/p-1. The second-order valence-corrected chi connectivity index (χ2v) is 18.7. The van der Waals surface area contributed by atoms with E-state index in [2.05, 4.69) is 150 Å². The molecule has 13 heteroatoms. The summed E-state index contributed by atoms with van der Waals surface area (Å²) >= 11 is 14.6. The number of nitrogens with one attached hydrogen (secondary N) is 3. The molecular weight excluding hydrogens is 996 g/mol. The summed E-state index contributed by atoms with van der Waals surface area (Å²) < 4.78 is 0. The molecule has 2 amide bonds. The predicted octanol–water partition coefficient (Wildman–Crippen LogP) is 12.0. The Morgan fingerprint density at radius 2 is 0.813 bits per heavy atom. The van der Waals surface area contributed by atoms with Crippen LogP contribution in [0.5, 0.6) is 0 Å². The monoisotopic (exact) mass is 1060 g/mol. The maximum absolute atomic E-state index is 12.3. The van der Waals surface area contributed by atoms with Crippen LogP contribution in [0, 0.1) is 62.3 Å². The summed E-state index contributed by atoms with van der Waals surface area (Å²) in [5, 5.41) is 11.6. The molecule has 0 aromatic heterocycles. The van der Waals surface area contributed by atoms with Crippen molar-refractivity contribution in [3.63, 3.8) is 0 Å². The molecule has 9 nitrogen and oxygen atoms in total. The second kappa shape index (κ2) is 30.4. The number of hydrogen-bond donors (Lipinski definition) is 5. The van der Waals surface area contributed by atoms with E-state index in [1.165, 1.54) is 66.8 Å². The molecule has 8 aromatic carbocycles. The third-order valence-corrected chi connectivity index (χ3v) is 12.0. The largest absolute Gasteiger partial charge is 1.00 e. The van der Waals surface area contributed by atoms with Gasteiger partial charge in [0.2, 0.25) is 0 Å². The summed E-state index contributed by atoms with van der Waals surface area (Å²) in [6.45, 7) is 19.1. The molecule has 8 aromatic rings. The zero-order valence-electron chi connectivity index (χ0n) is 44.3. The minimum absolute atomic E-state index is 0. The number of carbonyl (C=O) groups is 2. The maximum Gasteiger partial charge on any atom is 1.00 e. The molecule has 0 fully saturated rings. The number of nitrogen functional groups attached to an aromatic ring is 1. The van der Waals surface area contributed by atoms with E-state index >= 15 is 0 Å². The molecule has 0 aliphatic carbocycles. The number of benzene rings is 8. The van der Waals surface area contributed by atoms with E-state index in [4.69, 9.17) is 35.9 Å². The SMILES string of the molecule is Cc1cc(C)c(-c2ccccc2N)c(C)c1.Cc1cc(C)c(-c2ccccc2NC(=S)NC(=O)c2ccccc2)c(C)c1.Cc1cc(C)c(-c2ccccc2NC(N)=S)c(C)c1.O=C(N=C=S)c1ccccc1.[Na+].[OH-]. The summed E-state index contributed by atoms with van der Waals surface area (Å²) in [7, 11) is 0. The molecule has 8 rings (SSSR count). The van der Waals surface area contributed by atoms with Gasteiger partial charge in [-0.3, -0.25) is 14.9 Å². The Morgan fingerprint density at radius 3 is 1.20 bits per heavy atom. The molecule has 0 radical (unpaired) electrons. The number of rotatable bonds is 7. The molecule has 0 heterocycles. The number of aryl methyl sites for hydroxylation is 9. The number of carbonyl (C=O) groups excluding carboxylic acids is 2. The molecule has 0 saturated carbocycles. The van der Waals surface area contributed by atoms with Gasteiger partial charge in [-0.25, -0.2) is 0 Å². The number of nitrogens with two attached hydrogens (primary N) is 2. The number of hydrogen-bond acceptors (Lipinski definition) is 7. The second-order valence-electron chi connectivity index (χ2n) is 17.6. The van der Waals surface area contributed by atoms with Crippen molar-refractivity contribution < 1.29 is 44.6 Å². The van der Waals surface area contributed by atoms with Gasteiger partial charge < -0.3 is 27.6 Å². The van der Waals surface area contributed by atoms with Crippen molar-refractivity contribution in [2.75, 3.05) is 16.4 Å². The molecule has 0 bridgehead atoms. The molecule has 0 aliphatic heterocycles. The molecule has 0 aliphatic rings. The number of isothiocyanates is 1. The maximum atomic E-state index is 12.3. The van der Waals surface area contributed by atoms with Crippen molar-refractivity contribution in [1.29, 1.82) is 0 Å². The zero-order chi connectivity index (χ0) is 53.2. The van der Waals surface area contributed by atoms with Crippen LogP contribution in [0.3, 0.4) is 0 Å². The van der Waals surface area contributed by atoms with E-state index in [1.54, 1.807) is 36.4 Å². The molecule has 0 unspecified atom stereocenters. The third-order valence-electron chi connectivity index (χ3n) is 11.6. The van der Waals surface area contributed by atoms with Crippen molar-refractivity contribution in [2.24, 2.45) is 10.7 Å². The first kappa shape index (κ1) is 62.3. The number of aliphatic imine (C=N–C) groups is 1. The van der Waals surface area contributed by atoms with Gasteiger partial charge in [-0.15, -0.1) is 0 Å². The van der Waals surface area contributed by atoms with Crippen molar-refractivity contribution in [1.82, 2.24) is 5.32 Å². The van der Waals surface area contributed by atoms with Crippen molar-refractivity contribution in [2.45, 2.75) is 62.3 Å². The van der Waals surface area contributed by atoms with Gasteiger partial charge in [0.1, 0.15) is 0 Å². The van der Waals surface area contributed by atoms with E-state index in [9.17, 15) is 9.59 Å². The molecular formula is C62H63N6NaO3S3. The van der Waals surface area contributed by atoms with Crippen LogP contribution in [-0.4, -0.2) is 32.7 Å². The summed E-state index contributed by atoms with van der Waals surface area (Å²) in [4.78, 5) is 26.6. The Kier molecular flexibility index (Phi) is 25.3. The van der Waals surface area contributed by atoms with Crippen LogP contribution in [-0.2, 0) is 0 Å². The fourth-order valence-corrected chi connectivity index (χ4v) is 9.29. The van der Waals surface area contributed by atoms with E-state index in [-0.39, 0.29) is 57.1 Å². The predicted molar refractivity (Wildman–Crippen MR) is 321 cm³/mol. The number of amides is 2. The number of para-hydroxylation sites is 3. The first-order valence-corrected chi connectivity index (χ1v) is 24.8. The van der Waals surface area contributed by atoms with Gasteiger partial charge in [-0.1, -0.05) is 144 Å².